The number of esters is 1. The van der Waals surface area contributed by atoms with Crippen LogP contribution in [0.2, 0.25) is 0 Å². The van der Waals surface area contributed by atoms with Crippen molar-refractivity contribution in [1.29, 1.82) is 0 Å². The van der Waals surface area contributed by atoms with Gasteiger partial charge in [-0.05, 0) is 51.6 Å². The molecule has 0 spiro atoms. The molecular weight excluding hydrogens is 378 g/mol. The number of hydrogen-bond donors (Lipinski definition) is 1. The normalized spacial score (nSPS) is 16.7. The van der Waals surface area contributed by atoms with Crippen LogP contribution < -0.4 is 5.32 Å². The van der Waals surface area contributed by atoms with E-state index >= 15 is 0 Å². The maximum atomic E-state index is 12.7. The Labute approximate surface area is 170 Å². The topological polar surface area (TPSA) is 79.0 Å². The number of para-hydroxylation sites is 1. The minimum atomic E-state index is -0.517. The number of nitrogens with one attached hydrogen (secondary N) is 1. The van der Waals surface area contributed by atoms with Crippen LogP contribution in [0.1, 0.15) is 26.2 Å². The predicted octanol–water partition coefficient (Wildman–Crippen LogP) is 2.22. The van der Waals surface area contributed by atoms with Crippen LogP contribution >= 0.6 is 11.8 Å². The Hall–Kier alpha value is -2.06. The first-order chi connectivity index (χ1) is 13.5. The van der Waals surface area contributed by atoms with Gasteiger partial charge in [0, 0.05) is 11.4 Å². The lowest BCUT2D eigenvalue weighted by Crippen LogP contribution is -2.51. The van der Waals surface area contributed by atoms with Gasteiger partial charge in [-0.1, -0.05) is 12.1 Å². The van der Waals surface area contributed by atoms with E-state index in [4.69, 9.17) is 4.74 Å². The predicted molar refractivity (Wildman–Crippen MR) is 110 cm³/mol. The fraction of sp³-hybridized carbons (Fsp3) is 0.550. The summed E-state index contributed by atoms with van der Waals surface area (Å²) in [6.45, 7) is 2.77. The zero-order chi connectivity index (χ0) is 20.5. The smallest absolute Gasteiger partial charge is 0.328 e. The fourth-order valence-corrected chi connectivity index (χ4v) is 3.83. The Morgan fingerprint density at radius 3 is 2.71 bits per heavy atom. The summed E-state index contributed by atoms with van der Waals surface area (Å²) in [6, 6.07) is 7.07. The molecule has 0 bridgehead atoms. The molecule has 28 heavy (non-hydrogen) atoms. The second kappa shape index (κ2) is 11.1. The van der Waals surface area contributed by atoms with Gasteiger partial charge in [-0.15, -0.1) is 11.8 Å². The van der Waals surface area contributed by atoms with Gasteiger partial charge in [0.05, 0.1) is 25.4 Å². The SMILES string of the molecule is CCOC(=O)[C@@H]1CCCCN1C(=O)CN(C)CC(=O)Nc1ccccc1SC. The first-order valence-corrected chi connectivity index (χ1v) is 10.8. The maximum Gasteiger partial charge on any atom is 0.328 e. The van der Waals surface area contributed by atoms with Crippen molar-refractivity contribution in [2.24, 2.45) is 0 Å². The molecule has 0 saturated carbocycles. The largest absolute Gasteiger partial charge is 0.464 e. The molecule has 0 unspecified atom stereocenters. The van der Waals surface area contributed by atoms with Crippen LogP contribution in [0.25, 0.3) is 0 Å². The summed E-state index contributed by atoms with van der Waals surface area (Å²) < 4.78 is 5.11. The number of carbonyl (C=O) groups is 3. The van der Waals surface area contributed by atoms with Crippen molar-refractivity contribution in [3.05, 3.63) is 24.3 Å². The molecule has 1 aliphatic rings. The van der Waals surface area contributed by atoms with Gasteiger partial charge in [0.15, 0.2) is 0 Å². The first-order valence-electron chi connectivity index (χ1n) is 9.53. The molecule has 7 nitrogen and oxygen atoms in total. The van der Waals surface area contributed by atoms with Gasteiger partial charge in [0.25, 0.3) is 0 Å². The van der Waals surface area contributed by atoms with E-state index in [0.717, 1.165) is 23.4 Å². The number of amides is 2. The summed E-state index contributed by atoms with van der Waals surface area (Å²) in [4.78, 5) is 41.4. The van der Waals surface area contributed by atoms with Crippen molar-refractivity contribution in [2.75, 3.05) is 44.9 Å². The number of nitrogens with zero attached hydrogens (tertiary/aromatic N) is 2. The van der Waals surface area contributed by atoms with Crippen LogP contribution in [-0.2, 0) is 19.1 Å². The van der Waals surface area contributed by atoms with Crippen molar-refractivity contribution in [3.8, 4) is 0 Å². The molecule has 0 aromatic heterocycles. The first kappa shape index (κ1) is 22.2. The second-order valence-corrected chi connectivity index (χ2v) is 7.62. The molecule has 2 rings (SSSR count). The molecule has 1 fully saturated rings. The van der Waals surface area contributed by atoms with E-state index in [2.05, 4.69) is 5.32 Å². The fourth-order valence-electron chi connectivity index (χ4n) is 3.27. The van der Waals surface area contributed by atoms with Crippen LogP contribution in [0, 0.1) is 0 Å². The summed E-state index contributed by atoms with van der Waals surface area (Å²) in [6.07, 6.45) is 4.35. The molecule has 1 N–H and O–H groups in total. The van der Waals surface area contributed by atoms with E-state index in [0.29, 0.717) is 19.6 Å². The number of carbonyl (C=O) groups excluding carboxylic acids is 3. The van der Waals surface area contributed by atoms with E-state index in [1.807, 2.05) is 30.5 Å². The molecule has 1 heterocycles. The van der Waals surface area contributed by atoms with E-state index in [9.17, 15) is 14.4 Å². The Kier molecular flexibility index (Phi) is 8.79. The van der Waals surface area contributed by atoms with Gasteiger partial charge in [0.2, 0.25) is 11.8 Å². The van der Waals surface area contributed by atoms with Gasteiger partial charge in [-0.2, -0.15) is 0 Å². The molecule has 1 saturated heterocycles. The number of hydrogen-bond acceptors (Lipinski definition) is 6. The zero-order valence-corrected chi connectivity index (χ0v) is 17.6. The highest BCUT2D eigenvalue weighted by molar-refractivity contribution is 7.98. The molecule has 1 aromatic carbocycles. The van der Waals surface area contributed by atoms with Gasteiger partial charge >= 0.3 is 5.97 Å². The molecule has 2 amide bonds. The summed E-state index contributed by atoms with van der Waals surface area (Å²) in [5, 5.41) is 2.89. The van der Waals surface area contributed by atoms with Crippen molar-refractivity contribution < 1.29 is 19.1 Å². The number of likely N-dealkylation sites (N-methyl/N-ethyl adjacent to an activating group) is 1. The highest BCUT2D eigenvalue weighted by atomic mass is 32.2. The summed E-state index contributed by atoms with van der Waals surface area (Å²) in [5.74, 6) is -0.681. The summed E-state index contributed by atoms with van der Waals surface area (Å²) in [5.41, 5.74) is 0.762. The highest BCUT2D eigenvalue weighted by Gasteiger charge is 2.33. The molecule has 8 heteroatoms. The minimum absolute atomic E-state index is 0.0769. The molecular formula is C20H29N3O4S. The van der Waals surface area contributed by atoms with Crippen LogP contribution in [-0.4, -0.2) is 73.2 Å². The van der Waals surface area contributed by atoms with Crippen molar-refractivity contribution in [2.45, 2.75) is 37.1 Å². The van der Waals surface area contributed by atoms with Crippen LogP contribution in [0.15, 0.2) is 29.2 Å². The molecule has 1 atom stereocenters. The lowest BCUT2D eigenvalue weighted by Gasteiger charge is -2.35. The lowest BCUT2D eigenvalue weighted by molar-refractivity contribution is -0.157. The number of likely N-dealkylation sites (tertiary alicyclic amines) is 1. The lowest BCUT2D eigenvalue weighted by atomic mass is 10.0. The minimum Gasteiger partial charge on any atom is -0.464 e. The molecule has 1 aromatic rings. The summed E-state index contributed by atoms with van der Waals surface area (Å²) in [7, 11) is 1.72. The van der Waals surface area contributed by atoms with E-state index < -0.39 is 6.04 Å². The number of piperidine rings is 1. The Morgan fingerprint density at radius 1 is 1.25 bits per heavy atom. The van der Waals surface area contributed by atoms with Gasteiger partial charge in [-0.25, -0.2) is 4.79 Å². The zero-order valence-electron chi connectivity index (χ0n) is 16.8. The average molecular weight is 408 g/mol. The van der Waals surface area contributed by atoms with Gasteiger partial charge < -0.3 is 15.0 Å². The quantitative estimate of drug-likeness (QED) is 0.526. The van der Waals surface area contributed by atoms with E-state index in [1.165, 1.54) is 0 Å². The third-order valence-electron chi connectivity index (χ3n) is 4.58. The Bertz CT molecular complexity index is 698. The third kappa shape index (κ3) is 6.24. The summed E-state index contributed by atoms with van der Waals surface area (Å²) >= 11 is 1.56. The van der Waals surface area contributed by atoms with Crippen LogP contribution in [0.4, 0.5) is 5.69 Å². The molecule has 0 aliphatic carbocycles. The molecule has 0 radical (unpaired) electrons. The molecule has 1 aliphatic heterocycles. The standard InChI is InChI=1S/C20H29N3O4S/c1-4-27-20(26)16-10-7-8-12-23(16)19(25)14-22(2)13-18(24)21-15-9-5-6-11-17(15)28-3/h5-6,9,11,16H,4,7-8,10,12-14H2,1-3H3,(H,21,24)/t16-/m0/s1. The van der Waals surface area contributed by atoms with Gasteiger partial charge in [-0.3, -0.25) is 14.5 Å². The number of anilines is 1. The third-order valence-corrected chi connectivity index (χ3v) is 5.38. The van der Waals surface area contributed by atoms with Crippen LogP contribution in [0.3, 0.4) is 0 Å². The maximum absolute atomic E-state index is 12.7. The average Bonchev–Trinajstić information content (AvgIpc) is 2.68. The van der Waals surface area contributed by atoms with Crippen molar-refractivity contribution in [3.63, 3.8) is 0 Å². The number of thioether (sulfide) groups is 1. The number of ether oxygens (including phenoxy) is 1. The van der Waals surface area contributed by atoms with E-state index in [1.54, 1.807) is 35.5 Å². The number of benzene rings is 1. The number of rotatable bonds is 8. The van der Waals surface area contributed by atoms with Gasteiger partial charge in [0.1, 0.15) is 6.04 Å². The van der Waals surface area contributed by atoms with Crippen molar-refractivity contribution in [1.82, 2.24) is 9.80 Å². The van der Waals surface area contributed by atoms with Crippen molar-refractivity contribution >= 4 is 35.2 Å². The van der Waals surface area contributed by atoms with Crippen LogP contribution in [0.5, 0.6) is 0 Å². The monoisotopic (exact) mass is 407 g/mol. The Balaban J connectivity index is 1.90. The highest BCUT2D eigenvalue weighted by Crippen LogP contribution is 2.24. The second-order valence-electron chi connectivity index (χ2n) is 6.77. The van der Waals surface area contributed by atoms with E-state index in [-0.39, 0.29) is 30.9 Å². The Morgan fingerprint density at radius 2 is 2.00 bits per heavy atom. The molecule has 154 valence electrons.